The molecule has 1 aromatic carbocycles. The summed E-state index contributed by atoms with van der Waals surface area (Å²) in [5, 5.41) is 14.0. The minimum Gasteiger partial charge on any atom is -0.466 e. The van der Waals surface area contributed by atoms with Gasteiger partial charge in [0.1, 0.15) is 0 Å². The Hall–Kier alpha value is -2.68. The number of nitriles is 1. The smallest absolute Gasteiger partial charge is 0.311 e. The number of carbonyl (C=O) groups is 1. The summed E-state index contributed by atoms with van der Waals surface area (Å²) in [6.07, 6.45) is 0.186. The average Bonchev–Trinajstić information content (AvgIpc) is 2.49. The molecule has 6 heteroatoms. The number of aryl methyl sites for hydroxylation is 1. The van der Waals surface area contributed by atoms with E-state index in [0.717, 1.165) is 0 Å². The third-order valence-corrected chi connectivity index (χ3v) is 3.00. The number of aromatic nitrogens is 2. The third kappa shape index (κ3) is 3.26. The number of ether oxygens (including phenoxy) is 1. The van der Waals surface area contributed by atoms with Crippen molar-refractivity contribution in [2.75, 3.05) is 6.61 Å². The zero-order valence-corrected chi connectivity index (χ0v) is 11.7. The van der Waals surface area contributed by atoms with E-state index in [2.05, 4.69) is 5.10 Å². The average molecular weight is 285 g/mol. The predicted molar refractivity (Wildman–Crippen MR) is 76.6 cm³/mol. The van der Waals surface area contributed by atoms with Crippen molar-refractivity contribution in [3.63, 3.8) is 0 Å². The van der Waals surface area contributed by atoms with Crippen molar-refractivity contribution < 1.29 is 9.53 Å². The minimum atomic E-state index is -0.388. The van der Waals surface area contributed by atoms with E-state index in [1.807, 2.05) is 6.07 Å². The van der Waals surface area contributed by atoms with Crippen molar-refractivity contribution in [3.05, 3.63) is 40.3 Å². The van der Waals surface area contributed by atoms with E-state index >= 15 is 0 Å². The van der Waals surface area contributed by atoms with Crippen LogP contribution < -0.4 is 5.56 Å². The molecule has 21 heavy (non-hydrogen) atoms. The van der Waals surface area contributed by atoms with Crippen LogP contribution in [0, 0.1) is 11.3 Å². The van der Waals surface area contributed by atoms with Crippen LogP contribution in [0.1, 0.15) is 19.0 Å². The summed E-state index contributed by atoms with van der Waals surface area (Å²) in [5.41, 5.74) is 0.232. The topological polar surface area (TPSA) is 85.0 Å². The Bertz CT molecular complexity index is 759. The monoisotopic (exact) mass is 285 g/mol. The van der Waals surface area contributed by atoms with Crippen LogP contribution in [0.15, 0.2) is 29.1 Å². The van der Waals surface area contributed by atoms with Crippen molar-refractivity contribution >= 4 is 16.7 Å². The highest BCUT2D eigenvalue weighted by Gasteiger charge is 2.13. The summed E-state index contributed by atoms with van der Waals surface area (Å²) in [6.45, 7) is 2.23. The van der Waals surface area contributed by atoms with Crippen molar-refractivity contribution in [1.82, 2.24) is 9.78 Å². The molecule has 2 rings (SSSR count). The Kier molecular flexibility index (Phi) is 4.67. The minimum absolute atomic E-state index is 0.00118. The molecule has 0 aliphatic heterocycles. The maximum atomic E-state index is 12.3. The molecule has 1 heterocycles. The number of hydrogen-bond donors (Lipinski definition) is 0. The predicted octanol–water partition coefficient (Wildman–Crippen LogP) is 1.42. The Labute approximate surface area is 121 Å². The van der Waals surface area contributed by atoms with Crippen molar-refractivity contribution in [1.29, 1.82) is 5.26 Å². The largest absolute Gasteiger partial charge is 0.466 e. The van der Waals surface area contributed by atoms with Crippen LogP contribution in [-0.4, -0.2) is 22.4 Å². The molecule has 0 aliphatic rings. The molecule has 108 valence electrons. The van der Waals surface area contributed by atoms with E-state index in [1.165, 1.54) is 4.68 Å². The summed E-state index contributed by atoms with van der Waals surface area (Å²) >= 11 is 0. The second kappa shape index (κ2) is 6.66. The Morgan fingerprint density at radius 2 is 2.10 bits per heavy atom. The lowest BCUT2D eigenvalue weighted by molar-refractivity contribution is -0.142. The molecule has 0 N–H and O–H groups in total. The van der Waals surface area contributed by atoms with Crippen LogP contribution in [0.3, 0.4) is 0 Å². The van der Waals surface area contributed by atoms with Crippen LogP contribution in [0.4, 0.5) is 0 Å². The summed E-state index contributed by atoms with van der Waals surface area (Å²) in [5.74, 6) is -0.388. The molecule has 0 atom stereocenters. The van der Waals surface area contributed by atoms with Gasteiger partial charge in [-0.1, -0.05) is 18.2 Å². The first-order valence-corrected chi connectivity index (χ1v) is 6.68. The van der Waals surface area contributed by atoms with Gasteiger partial charge in [0.15, 0.2) is 0 Å². The molecule has 0 fully saturated rings. The molecule has 1 aromatic heterocycles. The van der Waals surface area contributed by atoms with E-state index in [4.69, 9.17) is 10.00 Å². The Balaban J connectivity index is 2.52. The lowest BCUT2D eigenvalue weighted by Gasteiger charge is -2.09. The molecule has 0 spiro atoms. The van der Waals surface area contributed by atoms with Crippen LogP contribution in [0.2, 0.25) is 0 Å². The van der Waals surface area contributed by atoms with Gasteiger partial charge in [0.25, 0.3) is 5.56 Å². The first kappa shape index (κ1) is 14.7. The molecular weight excluding hydrogens is 270 g/mol. The van der Waals surface area contributed by atoms with Gasteiger partial charge in [0.2, 0.25) is 0 Å². The first-order valence-electron chi connectivity index (χ1n) is 6.68. The highest BCUT2D eigenvalue weighted by molar-refractivity contribution is 5.86. The van der Waals surface area contributed by atoms with Crippen molar-refractivity contribution in [2.45, 2.75) is 26.3 Å². The van der Waals surface area contributed by atoms with E-state index in [1.54, 1.807) is 31.2 Å². The molecule has 0 radical (unpaired) electrons. The molecule has 0 amide bonds. The number of nitrogens with zero attached hydrogens (tertiary/aromatic N) is 3. The Morgan fingerprint density at radius 1 is 1.38 bits per heavy atom. The molecule has 0 aliphatic carbocycles. The summed E-state index contributed by atoms with van der Waals surface area (Å²) in [4.78, 5) is 23.9. The van der Waals surface area contributed by atoms with Gasteiger partial charge in [-0.05, 0) is 13.0 Å². The van der Waals surface area contributed by atoms with Crippen molar-refractivity contribution in [2.24, 2.45) is 0 Å². The highest BCUT2D eigenvalue weighted by Crippen LogP contribution is 2.14. The summed E-state index contributed by atoms with van der Waals surface area (Å²) < 4.78 is 6.16. The Morgan fingerprint density at radius 3 is 2.76 bits per heavy atom. The van der Waals surface area contributed by atoms with E-state index in [9.17, 15) is 9.59 Å². The fraction of sp³-hybridized carbons (Fsp3) is 0.333. The van der Waals surface area contributed by atoms with E-state index in [0.29, 0.717) is 23.1 Å². The van der Waals surface area contributed by atoms with Crippen LogP contribution in [-0.2, 0) is 22.5 Å². The zero-order valence-electron chi connectivity index (χ0n) is 11.7. The maximum Gasteiger partial charge on any atom is 0.311 e. The lowest BCUT2D eigenvalue weighted by Crippen LogP contribution is -2.25. The fourth-order valence-corrected chi connectivity index (χ4v) is 2.09. The van der Waals surface area contributed by atoms with Gasteiger partial charge in [0.05, 0.1) is 43.1 Å². The number of hydrogen-bond acceptors (Lipinski definition) is 5. The lowest BCUT2D eigenvalue weighted by atomic mass is 10.1. The maximum absolute atomic E-state index is 12.3. The highest BCUT2D eigenvalue weighted by atomic mass is 16.5. The number of benzene rings is 1. The molecule has 0 saturated carbocycles. The SMILES string of the molecule is CCOC(=O)Cc1nn(CCC#N)c(=O)c2ccccc12. The van der Waals surface area contributed by atoms with Gasteiger partial charge in [-0.15, -0.1) is 0 Å². The number of fused-ring (bicyclic) bond motifs is 1. The normalized spacial score (nSPS) is 10.3. The summed E-state index contributed by atoms with van der Waals surface area (Å²) in [6, 6.07) is 8.97. The van der Waals surface area contributed by atoms with Crippen LogP contribution in [0.25, 0.3) is 10.8 Å². The van der Waals surface area contributed by atoms with Crippen LogP contribution in [0.5, 0.6) is 0 Å². The van der Waals surface area contributed by atoms with Crippen molar-refractivity contribution in [3.8, 4) is 6.07 Å². The molecule has 2 aromatic rings. The van der Waals surface area contributed by atoms with Gasteiger partial charge in [-0.2, -0.15) is 10.4 Å². The second-order valence-corrected chi connectivity index (χ2v) is 4.41. The molecular formula is C15H15N3O3. The zero-order chi connectivity index (χ0) is 15.2. The quantitative estimate of drug-likeness (QED) is 0.775. The molecule has 6 nitrogen and oxygen atoms in total. The van der Waals surface area contributed by atoms with Gasteiger partial charge in [-0.25, -0.2) is 4.68 Å². The van der Waals surface area contributed by atoms with Gasteiger partial charge in [0, 0.05) is 5.39 Å². The summed E-state index contributed by atoms with van der Waals surface area (Å²) in [7, 11) is 0. The molecule has 0 unspecified atom stereocenters. The van der Waals surface area contributed by atoms with Gasteiger partial charge < -0.3 is 4.74 Å². The molecule has 0 bridgehead atoms. The standard InChI is InChI=1S/C15H15N3O3/c1-2-21-14(19)10-13-11-6-3-4-7-12(11)15(20)18(17-13)9-5-8-16/h3-4,6-7H,2,5,9-10H2,1H3. The molecule has 0 saturated heterocycles. The second-order valence-electron chi connectivity index (χ2n) is 4.41. The number of carbonyl (C=O) groups excluding carboxylic acids is 1. The van der Waals surface area contributed by atoms with Gasteiger partial charge in [-0.3, -0.25) is 9.59 Å². The fourth-order valence-electron chi connectivity index (χ4n) is 2.09. The number of esters is 1. The first-order chi connectivity index (χ1) is 10.2. The van der Waals surface area contributed by atoms with E-state index in [-0.39, 0.29) is 30.9 Å². The third-order valence-electron chi connectivity index (χ3n) is 3.00. The van der Waals surface area contributed by atoms with E-state index < -0.39 is 0 Å². The van der Waals surface area contributed by atoms with Crippen LogP contribution >= 0.6 is 0 Å². The van der Waals surface area contributed by atoms with Gasteiger partial charge >= 0.3 is 5.97 Å². The number of rotatable bonds is 5.